The second-order valence-electron chi connectivity index (χ2n) is 5.55. The normalized spacial score (nSPS) is 12.8. The van der Waals surface area contributed by atoms with E-state index in [1.54, 1.807) is 19.1 Å². The second kappa shape index (κ2) is 5.79. The highest BCUT2D eigenvalue weighted by molar-refractivity contribution is 5.60. The molecule has 0 saturated heterocycles. The van der Waals surface area contributed by atoms with Crippen molar-refractivity contribution in [1.29, 1.82) is 0 Å². The molecule has 1 N–H and O–H groups in total. The predicted molar refractivity (Wildman–Crippen MR) is 84.6 cm³/mol. The summed E-state index contributed by atoms with van der Waals surface area (Å²) in [6, 6.07) is 6.16. The second-order valence-corrected chi connectivity index (χ2v) is 5.55. The van der Waals surface area contributed by atoms with Crippen molar-refractivity contribution in [3.8, 4) is 23.0 Å². The molecule has 2 aromatic rings. The highest BCUT2D eigenvalue weighted by Crippen LogP contribution is 2.43. The molecule has 0 saturated carbocycles. The summed E-state index contributed by atoms with van der Waals surface area (Å²) in [5.74, 6) is 1.61. The van der Waals surface area contributed by atoms with Crippen molar-refractivity contribution in [2.75, 3.05) is 7.11 Å². The maximum atomic E-state index is 11.2. The van der Waals surface area contributed by atoms with Crippen molar-refractivity contribution in [2.24, 2.45) is 0 Å². The lowest BCUT2D eigenvalue weighted by Crippen LogP contribution is -2.00. The van der Waals surface area contributed by atoms with E-state index >= 15 is 0 Å². The third-order valence-corrected chi connectivity index (χ3v) is 4.07. The molecule has 0 aliphatic heterocycles. The molecule has 0 atom stereocenters. The lowest BCUT2D eigenvalue weighted by Gasteiger charge is -2.16. The van der Waals surface area contributed by atoms with Gasteiger partial charge in [0, 0.05) is 23.3 Å². The van der Waals surface area contributed by atoms with E-state index in [1.165, 1.54) is 19.2 Å². The number of nitro benzene ring substituents is 1. The minimum absolute atomic E-state index is 0.0832. The van der Waals surface area contributed by atoms with Crippen LogP contribution in [0.15, 0.2) is 24.3 Å². The van der Waals surface area contributed by atoms with Crippen LogP contribution in [0.2, 0.25) is 0 Å². The summed E-state index contributed by atoms with van der Waals surface area (Å²) in [6.07, 6.45) is 2.32. The van der Waals surface area contributed by atoms with Crippen molar-refractivity contribution in [1.82, 2.24) is 0 Å². The Bertz CT molecular complexity index is 785. The molecular weight excluding hydrogens is 298 g/mol. The van der Waals surface area contributed by atoms with E-state index in [0.29, 0.717) is 29.2 Å². The molecule has 0 amide bonds. The summed E-state index contributed by atoms with van der Waals surface area (Å²) in [6.45, 7) is 1.80. The largest absolute Gasteiger partial charge is 0.508 e. The molecule has 120 valence electrons. The van der Waals surface area contributed by atoms with Gasteiger partial charge in [-0.1, -0.05) is 0 Å². The third-order valence-electron chi connectivity index (χ3n) is 4.07. The zero-order valence-corrected chi connectivity index (χ0v) is 13.0. The third kappa shape index (κ3) is 2.67. The van der Waals surface area contributed by atoms with Gasteiger partial charge in [0.1, 0.15) is 11.5 Å². The van der Waals surface area contributed by atoms with E-state index in [0.717, 1.165) is 24.0 Å². The Morgan fingerprint density at radius 1 is 1.17 bits per heavy atom. The molecule has 0 unspecified atom stereocenters. The maximum Gasteiger partial charge on any atom is 0.273 e. The molecule has 0 fully saturated rings. The topological polar surface area (TPSA) is 81.8 Å². The van der Waals surface area contributed by atoms with Crippen LogP contribution in [-0.4, -0.2) is 17.1 Å². The number of rotatable bonds is 4. The minimum atomic E-state index is -0.331. The molecule has 1 aliphatic rings. The van der Waals surface area contributed by atoms with Crippen LogP contribution in [0.3, 0.4) is 0 Å². The number of phenolic OH excluding ortho intramolecular Hbond substituents is 1. The van der Waals surface area contributed by atoms with Crippen molar-refractivity contribution < 1.29 is 19.5 Å². The number of benzene rings is 2. The molecule has 1 aliphatic carbocycles. The zero-order chi connectivity index (χ0) is 16.6. The highest BCUT2D eigenvalue weighted by Gasteiger charge is 2.28. The van der Waals surface area contributed by atoms with E-state index < -0.39 is 0 Å². The smallest absolute Gasteiger partial charge is 0.273 e. The minimum Gasteiger partial charge on any atom is -0.508 e. The van der Waals surface area contributed by atoms with Gasteiger partial charge in [0.05, 0.1) is 12.0 Å². The fraction of sp³-hybridized carbons (Fsp3) is 0.294. The van der Waals surface area contributed by atoms with Crippen LogP contribution in [0.5, 0.6) is 23.0 Å². The predicted octanol–water partition coefficient (Wildman–Crippen LogP) is 3.90. The number of hydrogen-bond donors (Lipinski definition) is 1. The molecule has 0 radical (unpaired) electrons. The Labute approximate surface area is 133 Å². The van der Waals surface area contributed by atoms with Crippen LogP contribution in [0, 0.1) is 17.0 Å². The summed E-state index contributed by atoms with van der Waals surface area (Å²) < 4.78 is 11.2. The van der Waals surface area contributed by atoms with Gasteiger partial charge in [0.25, 0.3) is 5.69 Å². The average molecular weight is 315 g/mol. The van der Waals surface area contributed by atoms with Crippen molar-refractivity contribution in [3.63, 3.8) is 0 Å². The number of aryl methyl sites for hydroxylation is 1. The average Bonchev–Trinajstić information content (AvgIpc) is 3.00. The molecule has 2 aromatic carbocycles. The number of methoxy groups -OCH3 is 1. The SMILES string of the molecule is COc1cc(O)ccc1Oc1c(C)cc([N+](=O)[O-])c2c1CCC2. The first-order valence-electron chi connectivity index (χ1n) is 7.36. The Morgan fingerprint density at radius 2 is 1.91 bits per heavy atom. The Kier molecular flexibility index (Phi) is 3.82. The van der Waals surface area contributed by atoms with Crippen molar-refractivity contribution >= 4 is 5.69 Å². The number of phenols is 1. The molecule has 3 rings (SSSR count). The first-order valence-corrected chi connectivity index (χ1v) is 7.36. The van der Waals surface area contributed by atoms with Gasteiger partial charge in [0.2, 0.25) is 0 Å². The summed E-state index contributed by atoms with van der Waals surface area (Å²) in [7, 11) is 1.49. The summed E-state index contributed by atoms with van der Waals surface area (Å²) >= 11 is 0. The highest BCUT2D eigenvalue weighted by atomic mass is 16.6. The lowest BCUT2D eigenvalue weighted by molar-refractivity contribution is -0.385. The summed E-state index contributed by atoms with van der Waals surface area (Å²) in [5, 5.41) is 20.8. The number of nitro groups is 1. The molecule has 23 heavy (non-hydrogen) atoms. The first kappa shape index (κ1) is 15.1. The number of fused-ring (bicyclic) bond motifs is 1. The number of hydrogen-bond acceptors (Lipinski definition) is 5. The molecule has 6 nitrogen and oxygen atoms in total. The molecule has 0 spiro atoms. The van der Waals surface area contributed by atoms with Crippen molar-refractivity contribution in [2.45, 2.75) is 26.2 Å². The first-order chi connectivity index (χ1) is 11.0. The van der Waals surface area contributed by atoms with E-state index in [9.17, 15) is 15.2 Å². The quantitative estimate of drug-likeness (QED) is 0.683. The van der Waals surface area contributed by atoms with Gasteiger partial charge in [-0.15, -0.1) is 0 Å². The monoisotopic (exact) mass is 315 g/mol. The summed E-state index contributed by atoms with van der Waals surface area (Å²) in [5.41, 5.74) is 2.53. The summed E-state index contributed by atoms with van der Waals surface area (Å²) in [4.78, 5) is 10.9. The van der Waals surface area contributed by atoms with Gasteiger partial charge in [-0.25, -0.2) is 0 Å². The van der Waals surface area contributed by atoms with E-state index in [2.05, 4.69) is 0 Å². The molecule has 6 heteroatoms. The van der Waals surface area contributed by atoms with E-state index in [4.69, 9.17) is 9.47 Å². The van der Waals surface area contributed by atoms with Crippen LogP contribution in [0.4, 0.5) is 5.69 Å². The fourth-order valence-corrected chi connectivity index (χ4v) is 3.03. The molecule has 0 bridgehead atoms. The van der Waals surface area contributed by atoms with Gasteiger partial charge in [-0.3, -0.25) is 10.1 Å². The van der Waals surface area contributed by atoms with Crippen molar-refractivity contribution in [3.05, 3.63) is 51.1 Å². The van der Waals surface area contributed by atoms with Gasteiger partial charge >= 0.3 is 0 Å². The standard InChI is InChI=1S/C17H17NO5/c1-10-8-14(18(20)21)12-4-3-5-13(12)17(10)23-15-7-6-11(19)9-16(15)22-2/h6-9,19H,3-5H2,1-2H3. The number of aromatic hydroxyl groups is 1. The van der Waals surface area contributed by atoms with Crippen LogP contribution in [0.1, 0.15) is 23.1 Å². The maximum absolute atomic E-state index is 11.2. The fourth-order valence-electron chi connectivity index (χ4n) is 3.03. The van der Waals surface area contributed by atoms with E-state index in [-0.39, 0.29) is 16.4 Å². The molecule has 0 heterocycles. The Morgan fingerprint density at radius 3 is 2.61 bits per heavy atom. The molecule has 0 aromatic heterocycles. The Balaban J connectivity index is 2.08. The van der Waals surface area contributed by atoms with Gasteiger partial charge in [-0.05, 0) is 43.9 Å². The van der Waals surface area contributed by atoms with Crippen LogP contribution >= 0.6 is 0 Å². The number of nitrogens with zero attached hydrogens (tertiary/aromatic N) is 1. The van der Waals surface area contributed by atoms with Crippen LogP contribution < -0.4 is 9.47 Å². The lowest BCUT2D eigenvalue weighted by atomic mass is 10.0. The van der Waals surface area contributed by atoms with E-state index in [1.807, 2.05) is 0 Å². The van der Waals surface area contributed by atoms with Gasteiger partial charge < -0.3 is 14.6 Å². The van der Waals surface area contributed by atoms with Crippen LogP contribution in [-0.2, 0) is 12.8 Å². The number of ether oxygens (including phenoxy) is 2. The van der Waals surface area contributed by atoms with Gasteiger partial charge in [0.15, 0.2) is 11.5 Å². The van der Waals surface area contributed by atoms with Crippen LogP contribution in [0.25, 0.3) is 0 Å². The zero-order valence-electron chi connectivity index (χ0n) is 13.0. The van der Waals surface area contributed by atoms with Gasteiger partial charge in [-0.2, -0.15) is 0 Å². The Hall–Kier alpha value is -2.76. The molecular formula is C17H17NO5.